The highest BCUT2D eigenvalue weighted by molar-refractivity contribution is 9.09. The van der Waals surface area contributed by atoms with Crippen molar-refractivity contribution in [1.82, 2.24) is 0 Å². The molecule has 0 aliphatic carbocycles. The number of esters is 1. The molecule has 4 rings (SSSR count). The van der Waals surface area contributed by atoms with Gasteiger partial charge in [-0.2, -0.15) is 0 Å². The lowest BCUT2D eigenvalue weighted by Crippen LogP contribution is -2.10. The fourth-order valence-corrected chi connectivity index (χ4v) is 3.50. The maximum Gasteiger partial charge on any atom is 0.344 e. The molecule has 0 heterocycles. The molecular weight excluding hydrogens is 404 g/mol. The van der Waals surface area contributed by atoms with E-state index in [1.165, 1.54) is 0 Å². The van der Waals surface area contributed by atoms with E-state index in [0.29, 0.717) is 16.9 Å². The van der Waals surface area contributed by atoms with Crippen LogP contribution in [0.5, 0.6) is 5.75 Å². The molecule has 0 bridgehead atoms. The van der Waals surface area contributed by atoms with Gasteiger partial charge in [-0.05, 0) is 51.9 Å². The van der Waals surface area contributed by atoms with Gasteiger partial charge in [0.15, 0.2) is 5.78 Å². The highest BCUT2D eigenvalue weighted by Crippen LogP contribution is 2.29. The van der Waals surface area contributed by atoms with Crippen LogP contribution in [0.15, 0.2) is 78.9 Å². The Morgan fingerprint density at radius 1 is 0.778 bits per heavy atom. The van der Waals surface area contributed by atoms with Gasteiger partial charge in [-0.25, -0.2) is 4.79 Å². The van der Waals surface area contributed by atoms with Crippen molar-refractivity contribution in [3.8, 4) is 5.75 Å². The van der Waals surface area contributed by atoms with Crippen molar-refractivity contribution in [3.05, 3.63) is 90.0 Å². The molecule has 4 aromatic carbocycles. The van der Waals surface area contributed by atoms with Crippen molar-refractivity contribution >= 4 is 49.2 Å². The molecule has 0 aromatic heterocycles. The predicted octanol–water partition coefficient (Wildman–Crippen LogP) is 5.79. The number of ether oxygens (including phenoxy) is 1. The van der Waals surface area contributed by atoms with Crippen LogP contribution in [0.2, 0.25) is 0 Å². The molecule has 4 aromatic rings. The first-order chi connectivity index (χ1) is 13.2. The van der Waals surface area contributed by atoms with Crippen LogP contribution < -0.4 is 4.74 Å². The normalized spacial score (nSPS) is 10.9. The first-order valence-electron chi connectivity index (χ1n) is 8.49. The second kappa shape index (κ2) is 7.33. The Morgan fingerprint density at radius 3 is 1.89 bits per heavy atom. The molecule has 27 heavy (non-hydrogen) atoms. The van der Waals surface area contributed by atoms with Gasteiger partial charge in [0.05, 0.1) is 10.9 Å². The molecule has 0 fully saturated rings. The Morgan fingerprint density at radius 2 is 1.33 bits per heavy atom. The van der Waals surface area contributed by atoms with Crippen LogP contribution in [-0.4, -0.2) is 17.1 Å². The fourth-order valence-electron chi connectivity index (χ4n) is 3.18. The van der Waals surface area contributed by atoms with E-state index >= 15 is 0 Å². The van der Waals surface area contributed by atoms with Crippen LogP contribution in [0.3, 0.4) is 0 Å². The number of alkyl halides is 1. The lowest BCUT2D eigenvalue weighted by Gasteiger charge is -2.11. The van der Waals surface area contributed by atoms with E-state index in [9.17, 15) is 9.59 Å². The summed E-state index contributed by atoms with van der Waals surface area (Å²) < 4.78 is 5.62. The number of carbonyl (C=O) groups excluding carboxylic acids is 2. The van der Waals surface area contributed by atoms with Gasteiger partial charge in [0, 0.05) is 5.56 Å². The molecule has 0 aliphatic rings. The molecule has 132 valence electrons. The smallest absolute Gasteiger partial charge is 0.344 e. The Bertz CT molecular complexity index is 1110. The molecule has 4 heteroatoms. The summed E-state index contributed by atoms with van der Waals surface area (Å²) in [6.07, 6.45) is 0. The summed E-state index contributed by atoms with van der Waals surface area (Å²) in [5, 5.41) is 3.94. The monoisotopic (exact) mass is 418 g/mol. The Kier molecular flexibility index (Phi) is 4.73. The molecule has 0 atom stereocenters. The summed E-state index contributed by atoms with van der Waals surface area (Å²) >= 11 is 3.15. The van der Waals surface area contributed by atoms with Crippen molar-refractivity contribution in [2.75, 3.05) is 5.33 Å². The summed E-state index contributed by atoms with van der Waals surface area (Å²) in [5.41, 5.74) is 1.12. The zero-order valence-corrected chi connectivity index (χ0v) is 15.9. The van der Waals surface area contributed by atoms with Gasteiger partial charge in [0.25, 0.3) is 0 Å². The molecule has 0 radical (unpaired) electrons. The van der Waals surface area contributed by atoms with E-state index in [1.807, 2.05) is 48.5 Å². The second-order valence-electron chi connectivity index (χ2n) is 6.16. The quantitative estimate of drug-likeness (QED) is 0.138. The topological polar surface area (TPSA) is 43.4 Å². The lowest BCUT2D eigenvalue weighted by atomic mass is 9.97. The van der Waals surface area contributed by atoms with Crippen LogP contribution in [0, 0.1) is 0 Å². The predicted molar refractivity (Wildman–Crippen MR) is 111 cm³/mol. The summed E-state index contributed by atoms with van der Waals surface area (Å²) in [4.78, 5) is 24.7. The molecule has 0 amide bonds. The third-order valence-corrected chi connectivity index (χ3v) is 4.99. The number of ketones is 1. The molecule has 0 saturated carbocycles. The number of carbonyl (C=O) groups is 2. The molecule has 0 saturated heterocycles. The third-order valence-electron chi connectivity index (χ3n) is 4.48. The largest absolute Gasteiger partial charge is 0.423 e. The first-order valence-corrected chi connectivity index (χ1v) is 9.61. The number of benzene rings is 4. The number of halogens is 1. The Labute approximate surface area is 164 Å². The van der Waals surface area contributed by atoms with Crippen molar-refractivity contribution in [1.29, 1.82) is 0 Å². The highest BCUT2D eigenvalue weighted by Gasteiger charge is 2.17. The van der Waals surface area contributed by atoms with Crippen LogP contribution in [0.4, 0.5) is 0 Å². The maximum absolute atomic E-state index is 13.0. The zero-order valence-electron chi connectivity index (χ0n) is 14.3. The van der Waals surface area contributed by atoms with Gasteiger partial charge in [0.2, 0.25) is 0 Å². The van der Waals surface area contributed by atoms with Gasteiger partial charge in [0.1, 0.15) is 5.75 Å². The van der Waals surface area contributed by atoms with E-state index < -0.39 is 5.97 Å². The second-order valence-corrected chi connectivity index (χ2v) is 6.73. The minimum Gasteiger partial charge on any atom is -0.423 e. The third kappa shape index (κ3) is 3.36. The number of rotatable bonds is 4. The molecule has 0 unspecified atom stereocenters. The van der Waals surface area contributed by atoms with Crippen LogP contribution in [-0.2, 0) is 0 Å². The molecule has 0 spiro atoms. The summed E-state index contributed by atoms with van der Waals surface area (Å²) in [6.45, 7) is 0. The minimum atomic E-state index is -0.414. The molecule has 0 aliphatic heterocycles. The summed E-state index contributed by atoms with van der Waals surface area (Å²) in [6, 6.07) is 24.2. The lowest BCUT2D eigenvalue weighted by molar-refractivity contribution is 0.0739. The highest BCUT2D eigenvalue weighted by atomic mass is 79.9. The van der Waals surface area contributed by atoms with Crippen molar-refractivity contribution in [3.63, 3.8) is 0 Å². The molecule has 0 N–H and O–H groups in total. The van der Waals surface area contributed by atoms with E-state index in [2.05, 4.69) is 22.0 Å². The number of hydrogen-bond donors (Lipinski definition) is 0. The average molecular weight is 419 g/mol. The standard InChI is InChI=1S/C23H15BrO3/c24-14-21(25)15-9-11-18(12-10-15)27-23(26)22-19-7-3-1-5-16(19)13-17-6-2-4-8-20(17)22/h1-13H,14H2. The number of Topliss-reactive ketones (excluding diaryl/α,β-unsaturated/α-hetero) is 1. The SMILES string of the molecule is O=C(CBr)c1ccc(OC(=O)c2c3ccccc3cc3ccccc23)cc1. The van der Waals surface area contributed by atoms with E-state index in [0.717, 1.165) is 21.5 Å². The van der Waals surface area contributed by atoms with Gasteiger partial charge < -0.3 is 4.74 Å². The maximum atomic E-state index is 13.0. The van der Waals surface area contributed by atoms with E-state index in [1.54, 1.807) is 24.3 Å². The van der Waals surface area contributed by atoms with Crippen molar-refractivity contribution in [2.45, 2.75) is 0 Å². The van der Waals surface area contributed by atoms with Gasteiger partial charge in [-0.15, -0.1) is 0 Å². The van der Waals surface area contributed by atoms with Crippen LogP contribution in [0.25, 0.3) is 21.5 Å². The average Bonchev–Trinajstić information content (AvgIpc) is 2.71. The van der Waals surface area contributed by atoms with Gasteiger partial charge in [-0.1, -0.05) is 64.5 Å². The summed E-state index contributed by atoms with van der Waals surface area (Å²) in [5.74, 6) is -0.0290. The molecule has 3 nitrogen and oxygen atoms in total. The van der Waals surface area contributed by atoms with Crippen LogP contribution >= 0.6 is 15.9 Å². The molecular formula is C23H15BrO3. The summed E-state index contributed by atoms with van der Waals surface area (Å²) in [7, 11) is 0. The van der Waals surface area contributed by atoms with Crippen molar-refractivity contribution in [2.24, 2.45) is 0 Å². The van der Waals surface area contributed by atoms with Crippen LogP contribution in [0.1, 0.15) is 20.7 Å². The number of hydrogen-bond acceptors (Lipinski definition) is 3. The zero-order chi connectivity index (χ0) is 18.8. The van der Waals surface area contributed by atoms with E-state index in [4.69, 9.17) is 4.74 Å². The van der Waals surface area contributed by atoms with Crippen molar-refractivity contribution < 1.29 is 14.3 Å². The first kappa shape index (κ1) is 17.4. The van der Waals surface area contributed by atoms with Gasteiger partial charge in [-0.3, -0.25) is 4.79 Å². The fraction of sp³-hybridized carbons (Fsp3) is 0.0435. The minimum absolute atomic E-state index is 0.0204. The Balaban J connectivity index is 1.76. The number of fused-ring (bicyclic) bond motifs is 2. The van der Waals surface area contributed by atoms with E-state index in [-0.39, 0.29) is 11.1 Å². The van der Waals surface area contributed by atoms with Gasteiger partial charge >= 0.3 is 5.97 Å². The Hall–Kier alpha value is -2.98.